The van der Waals surface area contributed by atoms with Crippen molar-refractivity contribution in [3.63, 3.8) is 0 Å². The molecule has 0 radical (unpaired) electrons. The predicted molar refractivity (Wildman–Crippen MR) is 95.7 cm³/mol. The van der Waals surface area contributed by atoms with Gasteiger partial charge in [-0.15, -0.1) is 0 Å². The third kappa shape index (κ3) is 2.14. The summed E-state index contributed by atoms with van der Waals surface area (Å²) in [6.45, 7) is 4.30. The molecule has 0 fully saturated rings. The van der Waals surface area contributed by atoms with Crippen LogP contribution in [0.1, 0.15) is 11.1 Å². The SMILES string of the molecule is Cc1ccc(C)c(-c2cccc(-c3cn4ccnc4n3C)[n+]2C)c1. The van der Waals surface area contributed by atoms with Gasteiger partial charge in [-0.05, 0) is 31.5 Å². The zero-order chi connectivity index (χ0) is 16.8. The normalized spacial score (nSPS) is 11.3. The Labute approximate surface area is 141 Å². The number of hydrogen-bond donors (Lipinski definition) is 0. The van der Waals surface area contributed by atoms with Crippen LogP contribution in [0.3, 0.4) is 0 Å². The van der Waals surface area contributed by atoms with E-state index in [1.807, 2.05) is 12.4 Å². The number of nitrogens with zero attached hydrogens (tertiary/aromatic N) is 4. The summed E-state index contributed by atoms with van der Waals surface area (Å²) in [4.78, 5) is 4.42. The quantitative estimate of drug-likeness (QED) is 0.520. The molecule has 0 amide bonds. The first-order valence-corrected chi connectivity index (χ1v) is 8.11. The minimum atomic E-state index is 0.946. The fraction of sp³-hybridized carbons (Fsp3) is 0.200. The van der Waals surface area contributed by atoms with E-state index in [9.17, 15) is 0 Å². The van der Waals surface area contributed by atoms with Gasteiger partial charge in [0, 0.05) is 43.3 Å². The molecular formula is C20H21N4+. The summed E-state index contributed by atoms with van der Waals surface area (Å²) in [5, 5.41) is 0. The first kappa shape index (κ1) is 14.7. The second-order valence-electron chi connectivity index (χ2n) is 6.38. The lowest BCUT2D eigenvalue weighted by Gasteiger charge is -2.09. The van der Waals surface area contributed by atoms with Crippen molar-refractivity contribution in [1.82, 2.24) is 14.0 Å². The van der Waals surface area contributed by atoms with Gasteiger partial charge >= 0.3 is 0 Å². The molecule has 0 saturated heterocycles. The van der Waals surface area contributed by atoms with Crippen molar-refractivity contribution in [3.05, 3.63) is 66.1 Å². The molecule has 0 spiro atoms. The zero-order valence-corrected chi connectivity index (χ0v) is 14.5. The summed E-state index contributed by atoms with van der Waals surface area (Å²) >= 11 is 0. The number of hydrogen-bond acceptors (Lipinski definition) is 1. The minimum Gasteiger partial charge on any atom is -0.308 e. The number of pyridine rings is 1. The van der Waals surface area contributed by atoms with Crippen LogP contribution in [0.4, 0.5) is 0 Å². The standard InChI is InChI=1S/C20H21N4/c1-14-8-9-15(2)16(12-14)17-6-5-7-18(22(17)3)19-13-24-11-10-21-20(24)23(19)4/h5-13H,1-4H3/q+1. The van der Waals surface area contributed by atoms with Crippen LogP contribution in [0.15, 0.2) is 55.0 Å². The molecule has 0 N–H and O–H groups in total. The van der Waals surface area contributed by atoms with Crippen molar-refractivity contribution >= 4 is 5.78 Å². The van der Waals surface area contributed by atoms with E-state index < -0.39 is 0 Å². The molecule has 4 nitrogen and oxygen atoms in total. The lowest BCUT2D eigenvalue weighted by Crippen LogP contribution is -2.34. The van der Waals surface area contributed by atoms with E-state index in [0.717, 1.165) is 11.5 Å². The molecular weight excluding hydrogens is 296 g/mol. The molecule has 24 heavy (non-hydrogen) atoms. The topological polar surface area (TPSA) is 26.1 Å². The minimum absolute atomic E-state index is 0.946. The van der Waals surface area contributed by atoms with Crippen LogP contribution in [0.2, 0.25) is 0 Å². The first-order chi connectivity index (χ1) is 11.6. The third-order valence-corrected chi connectivity index (χ3v) is 4.73. The lowest BCUT2D eigenvalue weighted by molar-refractivity contribution is -0.649. The van der Waals surface area contributed by atoms with E-state index in [4.69, 9.17) is 0 Å². The van der Waals surface area contributed by atoms with Gasteiger partial charge in [-0.1, -0.05) is 17.7 Å². The molecule has 3 heterocycles. The molecule has 4 aromatic rings. The van der Waals surface area contributed by atoms with Gasteiger partial charge in [0.25, 0.3) is 0 Å². The second-order valence-corrected chi connectivity index (χ2v) is 6.38. The van der Waals surface area contributed by atoms with E-state index >= 15 is 0 Å². The fourth-order valence-corrected chi connectivity index (χ4v) is 3.35. The summed E-state index contributed by atoms with van der Waals surface area (Å²) in [5.74, 6) is 0.946. The van der Waals surface area contributed by atoms with Crippen LogP contribution in [-0.4, -0.2) is 14.0 Å². The van der Waals surface area contributed by atoms with Gasteiger partial charge in [0.1, 0.15) is 12.7 Å². The van der Waals surface area contributed by atoms with Crippen molar-refractivity contribution in [1.29, 1.82) is 0 Å². The van der Waals surface area contributed by atoms with E-state index in [1.54, 1.807) is 0 Å². The Bertz CT molecular complexity index is 1050. The molecule has 0 atom stereocenters. The van der Waals surface area contributed by atoms with Gasteiger partial charge in [-0.25, -0.2) is 4.98 Å². The van der Waals surface area contributed by atoms with E-state index in [0.29, 0.717) is 0 Å². The van der Waals surface area contributed by atoms with Gasteiger partial charge in [0.2, 0.25) is 17.2 Å². The Balaban J connectivity index is 1.94. The number of rotatable bonds is 2. The number of imidazole rings is 2. The zero-order valence-electron chi connectivity index (χ0n) is 14.5. The van der Waals surface area contributed by atoms with Crippen LogP contribution < -0.4 is 4.57 Å². The van der Waals surface area contributed by atoms with Gasteiger partial charge < -0.3 is 4.57 Å². The van der Waals surface area contributed by atoms with Crippen molar-refractivity contribution in [3.8, 4) is 22.6 Å². The fourth-order valence-electron chi connectivity index (χ4n) is 3.35. The third-order valence-electron chi connectivity index (χ3n) is 4.73. The maximum absolute atomic E-state index is 4.42. The average Bonchev–Trinajstić information content (AvgIpc) is 3.14. The highest BCUT2D eigenvalue weighted by Crippen LogP contribution is 2.25. The maximum atomic E-state index is 4.42. The summed E-state index contributed by atoms with van der Waals surface area (Å²) in [7, 11) is 4.18. The second kappa shape index (κ2) is 5.34. The number of benzene rings is 1. The van der Waals surface area contributed by atoms with E-state index in [1.165, 1.54) is 28.1 Å². The summed E-state index contributed by atoms with van der Waals surface area (Å²) < 4.78 is 6.44. The Kier molecular flexibility index (Phi) is 3.27. The summed E-state index contributed by atoms with van der Waals surface area (Å²) in [6, 6.07) is 13.1. The molecule has 120 valence electrons. The van der Waals surface area contributed by atoms with E-state index in [-0.39, 0.29) is 0 Å². The van der Waals surface area contributed by atoms with Gasteiger partial charge in [0.05, 0.1) is 0 Å². The van der Waals surface area contributed by atoms with Gasteiger partial charge in [0.15, 0.2) is 0 Å². The molecule has 0 aliphatic carbocycles. The summed E-state index contributed by atoms with van der Waals surface area (Å²) in [5.41, 5.74) is 7.37. The monoisotopic (exact) mass is 317 g/mol. The van der Waals surface area contributed by atoms with Gasteiger partial charge in [-0.2, -0.15) is 4.57 Å². The average molecular weight is 317 g/mol. The smallest absolute Gasteiger partial charge is 0.231 e. The van der Waals surface area contributed by atoms with Crippen molar-refractivity contribution < 1.29 is 4.57 Å². The Hall–Kier alpha value is -2.88. The Morgan fingerprint density at radius 2 is 1.83 bits per heavy atom. The lowest BCUT2D eigenvalue weighted by atomic mass is 10.0. The van der Waals surface area contributed by atoms with Crippen molar-refractivity contribution in [2.75, 3.05) is 0 Å². The van der Waals surface area contributed by atoms with Crippen LogP contribution in [0, 0.1) is 13.8 Å². The van der Waals surface area contributed by atoms with Crippen LogP contribution >= 0.6 is 0 Å². The number of aryl methyl sites for hydroxylation is 3. The van der Waals surface area contributed by atoms with Crippen molar-refractivity contribution in [2.45, 2.75) is 13.8 Å². The molecule has 4 heteroatoms. The Morgan fingerprint density at radius 3 is 2.62 bits per heavy atom. The van der Waals surface area contributed by atoms with Crippen LogP contribution in [0.25, 0.3) is 28.4 Å². The van der Waals surface area contributed by atoms with Gasteiger partial charge in [-0.3, -0.25) is 4.40 Å². The first-order valence-electron chi connectivity index (χ1n) is 8.11. The highest BCUT2D eigenvalue weighted by Gasteiger charge is 2.21. The van der Waals surface area contributed by atoms with Crippen LogP contribution in [0.5, 0.6) is 0 Å². The van der Waals surface area contributed by atoms with Crippen LogP contribution in [-0.2, 0) is 14.1 Å². The Morgan fingerprint density at radius 1 is 1.04 bits per heavy atom. The molecule has 1 aromatic carbocycles. The molecule has 0 aliphatic heterocycles. The summed E-state index contributed by atoms with van der Waals surface area (Å²) in [6.07, 6.45) is 5.93. The molecule has 4 rings (SSSR count). The molecule has 0 unspecified atom stereocenters. The number of fused-ring (bicyclic) bond motifs is 1. The van der Waals surface area contributed by atoms with Crippen molar-refractivity contribution in [2.24, 2.45) is 14.1 Å². The molecule has 0 aliphatic rings. The predicted octanol–water partition coefficient (Wildman–Crippen LogP) is 3.45. The molecule has 3 aromatic heterocycles. The molecule has 0 bridgehead atoms. The number of aromatic nitrogens is 4. The highest BCUT2D eigenvalue weighted by atomic mass is 15.2. The van der Waals surface area contributed by atoms with E-state index in [2.05, 4.69) is 89.1 Å². The highest BCUT2D eigenvalue weighted by molar-refractivity contribution is 5.64. The molecule has 0 saturated carbocycles. The maximum Gasteiger partial charge on any atom is 0.231 e. The largest absolute Gasteiger partial charge is 0.308 e.